The van der Waals surface area contributed by atoms with Crippen molar-refractivity contribution < 1.29 is 9.13 Å². The molecule has 2 unspecified atom stereocenters. The first-order valence-electron chi connectivity index (χ1n) is 9.81. The van der Waals surface area contributed by atoms with Crippen LogP contribution in [0.25, 0.3) is 22.3 Å². The van der Waals surface area contributed by atoms with Crippen LogP contribution in [0.15, 0.2) is 72.8 Å². The predicted molar refractivity (Wildman–Crippen MR) is 109 cm³/mol. The van der Waals surface area contributed by atoms with Crippen LogP contribution >= 0.6 is 0 Å². The van der Waals surface area contributed by atoms with Crippen molar-refractivity contribution in [3.05, 3.63) is 84.2 Å². The maximum atomic E-state index is 13.1. The summed E-state index contributed by atoms with van der Waals surface area (Å²) in [5.74, 6) is 0.516. The first-order chi connectivity index (χ1) is 13.2. The van der Waals surface area contributed by atoms with Gasteiger partial charge in [-0.25, -0.2) is 4.39 Å². The Balaban J connectivity index is 1.46. The van der Waals surface area contributed by atoms with E-state index in [1.54, 1.807) is 0 Å². The third-order valence-corrected chi connectivity index (χ3v) is 5.63. The summed E-state index contributed by atoms with van der Waals surface area (Å²) < 4.78 is 19.1. The third-order valence-electron chi connectivity index (χ3n) is 5.63. The molecule has 4 rings (SSSR count). The van der Waals surface area contributed by atoms with E-state index in [1.807, 2.05) is 12.1 Å². The fraction of sp³-hybridized carbons (Fsp3) is 0.280. The van der Waals surface area contributed by atoms with Crippen LogP contribution in [0.5, 0.6) is 0 Å². The molecule has 27 heavy (non-hydrogen) atoms. The van der Waals surface area contributed by atoms with Crippen molar-refractivity contribution in [2.45, 2.75) is 32.3 Å². The van der Waals surface area contributed by atoms with Crippen LogP contribution in [0.4, 0.5) is 4.39 Å². The quantitative estimate of drug-likeness (QED) is 0.485. The Morgan fingerprint density at radius 2 is 1.22 bits per heavy atom. The van der Waals surface area contributed by atoms with Gasteiger partial charge in [0.15, 0.2) is 0 Å². The second-order valence-corrected chi connectivity index (χ2v) is 7.38. The number of hydrogen-bond acceptors (Lipinski definition) is 1. The van der Waals surface area contributed by atoms with Crippen molar-refractivity contribution in [2.24, 2.45) is 5.92 Å². The van der Waals surface area contributed by atoms with E-state index in [9.17, 15) is 4.39 Å². The summed E-state index contributed by atoms with van der Waals surface area (Å²) in [5.41, 5.74) is 5.78. The highest BCUT2D eigenvalue weighted by Crippen LogP contribution is 2.33. The number of rotatable bonds is 4. The lowest BCUT2D eigenvalue weighted by Crippen LogP contribution is -2.20. The second-order valence-electron chi connectivity index (χ2n) is 7.38. The minimum absolute atomic E-state index is 0.206. The summed E-state index contributed by atoms with van der Waals surface area (Å²) in [6.07, 6.45) is 3.82. The molecular formula is C25H25FO. The zero-order chi connectivity index (χ0) is 18.6. The highest BCUT2D eigenvalue weighted by molar-refractivity contribution is 5.70. The summed E-state index contributed by atoms with van der Waals surface area (Å²) >= 11 is 0. The lowest BCUT2D eigenvalue weighted by Gasteiger charge is -2.28. The van der Waals surface area contributed by atoms with Crippen molar-refractivity contribution in [2.75, 3.05) is 6.61 Å². The van der Waals surface area contributed by atoms with Gasteiger partial charge >= 0.3 is 0 Å². The molecule has 0 aliphatic carbocycles. The molecule has 0 saturated carbocycles. The van der Waals surface area contributed by atoms with Crippen molar-refractivity contribution in [3.8, 4) is 22.3 Å². The molecule has 2 heteroatoms. The Morgan fingerprint density at radius 3 is 1.67 bits per heavy atom. The highest BCUT2D eigenvalue weighted by Gasteiger charge is 2.21. The van der Waals surface area contributed by atoms with E-state index in [4.69, 9.17) is 4.74 Å². The van der Waals surface area contributed by atoms with Gasteiger partial charge < -0.3 is 4.74 Å². The predicted octanol–water partition coefficient (Wildman–Crippen LogP) is 7.04. The lowest BCUT2D eigenvalue weighted by atomic mass is 9.92. The molecule has 2 atom stereocenters. The molecule has 3 aromatic carbocycles. The number of halogens is 1. The number of hydrogen-bond donors (Lipinski definition) is 0. The topological polar surface area (TPSA) is 9.23 Å². The fourth-order valence-electron chi connectivity index (χ4n) is 3.78. The van der Waals surface area contributed by atoms with E-state index in [-0.39, 0.29) is 11.9 Å². The molecule has 1 fully saturated rings. The molecule has 0 aromatic heterocycles. The van der Waals surface area contributed by atoms with Gasteiger partial charge in [0.25, 0.3) is 0 Å². The third kappa shape index (κ3) is 4.12. The van der Waals surface area contributed by atoms with E-state index in [0.29, 0.717) is 0 Å². The SMILES string of the molecule is CCC1CCC(c2ccc(-c3ccc(-c4ccc(F)cc4)cc3)cc2)OC1. The summed E-state index contributed by atoms with van der Waals surface area (Å²) in [5, 5.41) is 0. The Labute approximate surface area is 160 Å². The Hall–Kier alpha value is -2.45. The molecule has 1 aliphatic heterocycles. The molecule has 1 heterocycles. The smallest absolute Gasteiger partial charge is 0.123 e. The summed E-state index contributed by atoms with van der Waals surface area (Å²) in [7, 11) is 0. The van der Waals surface area contributed by atoms with Gasteiger partial charge in [-0.3, -0.25) is 0 Å². The average molecular weight is 360 g/mol. The van der Waals surface area contributed by atoms with Crippen LogP contribution in [0, 0.1) is 11.7 Å². The van der Waals surface area contributed by atoms with E-state index in [0.717, 1.165) is 30.1 Å². The minimum Gasteiger partial charge on any atom is -0.373 e. The van der Waals surface area contributed by atoms with Gasteiger partial charge in [-0.2, -0.15) is 0 Å². The van der Waals surface area contributed by atoms with Crippen LogP contribution in [-0.2, 0) is 4.74 Å². The monoisotopic (exact) mass is 360 g/mol. The zero-order valence-corrected chi connectivity index (χ0v) is 15.7. The first kappa shape index (κ1) is 17.9. The van der Waals surface area contributed by atoms with Gasteiger partial charge in [-0.1, -0.05) is 74.0 Å². The maximum absolute atomic E-state index is 13.1. The summed E-state index contributed by atoms with van der Waals surface area (Å²) in [6.45, 7) is 3.12. The summed E-state index contributed by atoms with van der Waals surface area (Å²) in [4.78, 5) is 0. The lowest BCUT2D eigenvalue weighted by molar-refractivity contribution is -0.0180. The molecule has 138 valence electrons. The molecule has 1 aliphatic rings. The van der Waals surface area contributed by atoms with Crippen molar-refractivity contribution >= 4 is 0 Å². The molecule has 0 spiro atoms. The number of benzene rings is 3. The first-order valence-corrected chi connectivity index (χ1v) is 9.81. The fourth-order valence-corrected chi connectivity index (χ4v) is 3.78. The van der Waals surface area contributed by atoms with E-state index in [1.165, 1.54) is 41.7 Å². The van der Waals surface area contributed by atoms with Crippen LogP contribution in [-0.4, -0.2) is 6.61 Å². The molecule has 0 amide bonds. The summed E-state index contributed by atoms with van der Waals surface area (Å²) in [6, 6.07) is 23.8. The van der Waals surface area contributed by atoms with E-state index >= 15 is 0 Å². The maximum Gasteiger partial charge on any atom is 0.123 e. The van der Waals surface area contributed by atoms with Gasteiger partial charge in [0.05, 0.1) is 12.7 Å². The molecular weight excluding hydrogens is 335 g/mol. The van der Waals surface area contributed by atoms with E-state index in [2.05, 4.69) is 55.5 Å². The molecule has 0 N–H and O–H groups in total. The average Bonchev–Trinajstić information content (AvgIpc) is 2.75. The highest BCUT2D eigenvalue weighted by atomic mass is 19.1. The molecule has 1 saturated heterocycles. The molecule has 0 bridgehead atoms. The van der Waals surface area contributed by atoms with E-state index < -0.39 is 0 Å². The van der Waals surface area contributed by atoms with Crippen LogP contribution < -0.4 is 0 Å². The molecule has 3 aromatic rings. The van der Waals surface area contributed by atoms with Crippen LogP contribution in [0.1, 0.15) is 37.9 Å². The normalized spacial score (nSPS) is 19.8. The van der Waals surface area contributed by atoms with Crippen molar-refractivity contribution in [3.63, 3.8) is 0 Å². The zero-order valence-electron chi connectivity index (χ0n) is 15.7. The largest absolute Gasteiger partial charge is 0.373 e. The Bertz CT molecular complexity index is 858. The van der Waals surface area contributed by atoms with Gasteiger partial charge in [0.2, 0.25) is 0 Å². The standard InChI is InChI=1S/C25H25FO/c1-2-18-3-16-25(27-17-18)23-10-8-21(9-11-23)19-4-6-20(7-5-19)22-12-14-24(26)15-13-22/h4-15,18,25H,2-3,16-17H2,1H3. The van der Waals surface area contributed by atoms with Crippen LogP contribution in [0.2, 0.25) is 0 Å². The minimum atomic E-state index is -0.206. The number of ether oxygens (including phenoxy) is 1. The van der Waals surface area contributed by atoms with Crippen molar-refractivity contribution in [1.82, 2.24) is 0 Å². The molecule has 1 nitrogen and oxygen atoms in total. The second kappa shape index (κ2) is 8.06. The van der Waals surface area contributed by atoms with Gasteiger partial charge in [0, 0.05) is 0 Å². The Kier molecular flexibility index (Phi) is 5.35. The Morgan fingerprint density at radius 1 is 0.741 bits per heavy atom. The van der Waals surface area contributed by atoms with Crippen molar-refractivity contribution in [1.29, 1.82) is 0 Å². The van der Waals surface area contributed by atoms with Gasteiger partial charge in [0.1, 0.15) is 5.82 Å². The molecule has 0 radical (unpaired) electrons. The van der Waals surface area contributed by atoms with Gasteiger partial charge in [-0.15, -0.1) is 0 Å². The van der Waals surface area contributed by atoms with Crippen LogP contribution in [0.3, 0.4) is 0 Å². The van der Waals surface area contributed by atoms with Gasteiger partial charge in [-0.05, 0) is 58.7 Å².